The van der Waals surface area contributed by atoms with Crippen molar-refractivity contribution in [2.45, 2.75) is 26.2 Å². The van der Waals surface area contributed by atoms with Gasteiger partial charge in [-0.25, -0.2) is 4.98 Å². The van der Waals surface area contributed by atoms with Crippen LogP contribution in [0.2, 0.25) is 0 Å². The molecular weight excluding hydrogens is 204 g/mol. The summed E-state index contributed by atoms with van der Waals surface area (Å²) in [4.78, 5) is 19.6. The van der Waals surface area contributed by atoms with Gasteiger partial charge in [0.2, 0.25) is 5.82 Å². The first-order valence-corrected chi connectivity index (χ1v) is 5.03. The number of amides is 1. The number of hydrogen-bond acceptors (Lipinski definition) is 3. The third-order valence-electron chi connectivity index (χ3n) is 2.38. The van der Waals surface area contributed by atoms with Crippen LogP contribution in [0.3, 0.4) is 0 Å². The molecule has 0 atom stereocenters. The standard InChI is InChI=1S/C11H14N4O/c1-11(2,3)8-7-6-13-4-5-15(7)10(14-8)9(12)16/h4-6H,1-3H3,(H2,12,16). The van der Waals surface area contributed by atoms with Crippen molar-refractivity contribution in [1.29, 1.82) is 0 Å². The molecule has 0 radical (unpaired) electrons. The predicted molar refractivity (Wildman–Crippen MR) is 60.2 cm³/mol. The topological polar surface area (TPSA) is 73.3 Å². The third-order valence-corrected chi connectivity index (χ3v) is 2.38. The van der Waals surface area contributed by atoms with Crippen molar-refractivity contribution in [1.82, 2.24) is 14.4 Å². The van der Waals surface area contributed by atoms with Crippen molar-refractivity contribution in [2.24, 2.45) is 5.73 Å². The van der Waals surface area contributed by atoms with Crippen molar-refractivity contribution < 1.29 is 4.79 Å². The Labute approximate surface area is 93.3 Å². The molecular formula is C11H14N4O. The van der Waals surface area contributed by atoms with Crippen LogP contribution in [-0.2, 0) is 5.41 Å². The summed E-state index contributed by atoms with van der Waals surface area (Å²) in [6.07, 6.45) is 4.99. The largest absolute Gasteiger partial charge is 0.363 e. The number of carbonyl (C=O) groups is 1. The van der Waals surface area contributed by atoms with E-state index in [0.29, 0.717) is 0 Å². The average molecular weight is 218 g/mol. The van der Waals surface area contributed by atoms with Gasteiger partial charge in [-0.1, -0.05) is 20.8 Å². The number of nitrogens with zero attached hydrogens (tertiary/aromatic N) is 3. The zero-order valence-corrected chi connectivity index (χ0v) is 9.56. The lowest BCUT2D eigenvalue weighted by molar-refractivity contribution is 0.0989. The maximum atomic E-state index is 11.3. The van der Waals surface area contributed by atoms with E-state index in [1.165, 1.54) is 0 Å². The van der Waals surface area contributed by atoms with Crippen LogP contribution >= 0.6 is 0 Å². The summed E-state index contributed by atoms with van der Waals surface area (Å²) in [5, 5.41) is 0. The second kappa shape index (κ2) is 3.30. The number of fused-ring (bicyclic) bond motifs is 1. The van der Waals surface area contributed by atoms with Crippen LogP contribution in [0.25, 0.3) is 5.52 Å². The van der Waals surface area contributed by atoms with Gasteiger partial charge in [-0.3, -0.25) is 14.2 Å². The zero-order chi connectivity index (χ0) is 11.9. The fourth-order valence-corrected chi connectivity index (χ4v) is 1.66. The summed E-state index contributed by atoms with van der Waals surface area (Å²) in [5.74, 6) is -0.279. The molecule has 84 valence electrons. The van der Waals surface area contributed by atoms with Gasteiger partial charge in [0.25, 0.3) is 5.91 Å². The Morgan fingerprint density at radius 2 is 2.12 bits per heavy atom. The number of hydrogen-bond donors (Lipinski definition) is 1. The van der Waals surface area contributed by atoms with E-state index in [4.69, 9.17) is 5.73 Å². The Bertz CT molecular complexity index is 551. The number of aromatic nitrogens is 3. The minimum Gasteiger partial charge on any atom is -0.363 e. The van der Waals surface area contributed by atoms with Crippen molar-refractivity contribution in [3.05, 3.63) is 30.1 Å². The Morgan fingerprint density at radius 3 is 2.69 bits per heavy atom. The van der Waals surface area contributed by atoms with Gasteiger partial charge in [0.1, 0.15) is 0 Å². The smallest absolute Gasteiger partial charge is 0.285 e. The molecule has 5 nitrogen and oxygen atoms in total. The number of imidazole rings is 1. The molecule has 2 aromatic rings. The number of primary amides is 1. The second-order valence-corrected chi connectivity index (χ2v) is 4.73. The summed E-state index contributed by atoms with van der Waals surface area (Å²) in [5.41, 5.74) is 6.79. The first-order valence-electron chi connectivity index (χ1n) is 5.03. The second-order valence-electron chi connectivity index (χ2n) is 4.73. The molecule has 0 aliphatic carbocycles. The van der Waals surface area contributed by atoms with Crippen LogP contribution < -0.4 is 5.73 Å². The van der Waals surface area contributed by atoms with Gasteiger partial charge >= 0.3 is 0 Å². The monoisotopic (exact) mass is 218 g/mol. The first-order chi connectivity index (χ1) is 7.41. The summed E-state index contributed by atoms with van der Waals surface area (Å²) < 4.78 is 1.68. The maximum Gasteiger partial charge on any atom is 0.285 e. The highest BCUT2D eigenvalue weighted by Crippen LogP contribution is 2.25. The average Bonchev–Trinajstić information content (AvgIpc) is 2.56. The molecule has 0 unspecified atom stereocenters. The van der Waals surface area contributed by atoms with Gasteiger partial charge in [-0.2, -0.15) is 0 Å². The van der Waals surface area contributed by atoms with E-state index in [2.05, 4.69) is 9.97 Å². The fourth-order valence-electron chi connectivity index (χ4n) is 1.66. The van der Waals surface area contributed by atoms with E-state index in [-0.39, 0.29) is 11.2 Å². The maximum absolute atomic E-state index is 11.3. The minimum absolute atomic E-state index is 0.151. The molecule has 0 saturated carbocycles. The molecule has 2 aromatic heterocycles. The molecule has 0 spiro atoms. The highest BCUT2D eigenvalue weighted by Gasteiger charge is 2.24. The van der Waals surface area contributed by atoms with E-state index in [1.807, 2.05) is 20.8 Å². The normalized spacial score (nSPS) is 11.9. The van der Waals surface area contributed by atoms with E-state index in [1.54, 1.807) is 23.0 Å². The zero-order valence-electron chi connectivity index (χ0n) is 9.56. The van der Waals surface area contributed by atoms with Gasteiger partial charge in [-0.15, -0.1) is 0 Å². The van der Waals surface area contributed by atoms with E-state index < -0.39 is 5.91 Å². The van der Waals surface area contributed by atoms with Crippen LogP contribution in [0.15, 0.2) is 18.6 Å². The lowest BCUT2D eigenvalue weighted by Gasteiger charge is -2.15. The molecule has 0 aromatic carbocycles. The molecule has 2 heterocycles. The molecule has 5 heteroatoms. The third kappa shape index (κ3) is 1.54. The van der Waals surface area contributed by atoms with Gasteiger partial charge in [0, 0.05) is 17.8 Å². The van der Waals surface area contributed by atoms with Gasteiger partial charge in [-0.05, 0) is 0 Å². The molecule has 0 bridgehead atoms. The molecule has 1 amide bonds. The lowest BCUT2D eigenvalue weighted by Crippen LogP contribution is -2.16. The summed E-state index contributed by atoms with van der Waals surface area (Å²) in [7, 11) is 0. The summed E-state index contributed by atoms with van der Waals surface area (Å²) in [6.45, 7) is 6.10. The van der Waals surface area contributed by atoms with Crippen LogP contribution in [-0.4, -0.2) is 20.3 Å². The predicted octanol–water partition coefficient (Wildman–Crippen LogP) is 1.13. The number of nitrogens with two attached hydrogens (primary N) is 1. The van der Waals surface area contributed by atoms with Gasteiger partial charge in [0.15, 0.2) is 0 Å². The summed E-state index contributed by atoms with van der Waals surface area (Å²) >= 11 is 0. The highest BCUT2D eigenvalue weighted by molar-refractivity contribution is 5.90. The van der Waals surface area contributed by atoms with Crippen molar-refractivity contribution in [2.75, 3.05) is 0 Å². The van der Waals surface area contributed by atoms with Crippen molar-refractivity contribution in [3.63, 3.8) is 0 Å². The Balaban J connectivity index is 2.82. The highest BCUT2D eigenvalue weighted by atomic mass is 16.1. The van der Waals surface area contributed by atoms with Crippen molar-refractivity contribution >= 4 is 11.4 Å². The molecule has 0 fully saturated rings. The molecule has 0 aliphatic rings. The quantitative estimate of drug-likeness (QED) is 0.779. The molecule has 0 saturated heterocycles. The van der Waals surface area contributed by atoms with E-state index >= 15 is 0 Å². The summed E-state index contributed by atoms with van der Waals surface area (Å²) in [6, 6.07) is 0. The Hall–Kier alpha value is -1.91. The molecule has 2 N–H and O–H groups in total. The van der Waals surface area contributed by atoms with Crippen molar-refractivity contribution in [3.8, 4) is 0 Å². The SMILES string of the molecule is CC(C)(C)c1nc(C(N)=O)n2ccncc12. The van der Waals surface area contributed by atoms with Crippen LogP contribution in [0.4, 0.5) is 0 Å². The lowest BCUT2D eigenvalue weighted by atomic mass is 9.92. The van der Waals surface area contributed by atoms with Gasteiger partial charge < -0.3 is 5.73 Å². The Kier molecular flexibility index (Phi) is 2.18. The molecule has 16 heavy (non-hydrogen) atoms. The van der Waals surface area contributed by atoms with Crippen LogP contribution in [0.5, 0.6) is 0 Å². The minimum atomic E-state index is -0.531. The van der Waals surface area contributed by atoms with Gasteiger partial charge in [0.05, 0.1) is 17.4 Å². The number of carbonyl (C=O) groups excluding carboxylic acids is 1. The molecule has 0 aliphatic heterocycles. The first kappa shape index (κ1) is 10.6. The van der Waals surface area contributed by atoms with E-state index in [0.717, 1.165) is 11.2 Å². The number of rotatable bonds is 1. The fraction of sp³-hybridized carbons (Fsp3) is 0.364. The van der Waals surface area contributed by atoms with Crippen LogP contribution in [0, 0.1) is 0 Å². The van der Waals surface area contributed by atoms with Crippen LogP contribution in [0.1, 0.15) is 37.1 Å². The molecule has 2 rings (SSSR count). The Morgan fingerprint density at radius 1 is 1.44 bits per heavy atom. The van der Waals surface area contributed by atoms with E-state index in [9.17, 15) is 4.79 Å².